The fourth-order valence-corrected chi connectivity index (χ4v) is 2.38. The van der Waals surface area contributed by atoms with Crippen LogP contribution in [0.25, 0.3) is 10.8 Å². The van der Waals surface area contributed by atoms with E-state index in [4.69, 9.17) is 5.73 Å². The fourth-order valence-electron chi connectivity index (χ4n) is 2.38. The molecule has 2 N–H and O–H groups in total. The highest BCUT2D eigenvalue weighted by Crippen LogP contribution is 2.29. The minimum Gasteiger partial charge on any atom is -0.320 e. The lowest BCUT2D eigenvalue weighted by Crippen LogP contribution is -2.34. The number of hydrogen-bond acceptors (Lipinski definition) is 2. The van der Waals surface area contributed by atoms with Crippen molar-refractivity contribution in [2.45, 2.75) is 12.5 Å². The minimum atomic E-state index is -0.339. The Morgan fingerprint density at radius 1 is 1.12 bits per heavy atom. The van der Waals surface area contributed by atoms with Gasteiger partial charge < -0.3 is 10.6 Å². The summed E-state index contributed by atoms with van der Waals surface area (Å²) in [7, 11) is 0. The zero-order chi connectivity index (χ0) is 11.8. The molecule has 1 saturated heterocycles. The van der Waals surface area contributed by atoms with E-state index in [1.807, 2.05) is 30.3 Å². The van der Waals surface area contributed by atoms with E-state index >= 15 is 0 Å². The quantitative estimate of drug-likeness (QED) is 0.807. The van der Waals surface area contributed by atoms with Crippen molar-refractivity contribution >= 4 is 22.4 Å². The van der Waals surface area contributed by atoms with Crippen LogP contribution in [0.15, 0.2) is 42.5 Å². The second kappa shape index (κ2) is 3.86. The SMILES string of the molecule is NC1CCN(c2cccc3ccccc23)C1=O. The summed E-state index contributed by atoms with van der Waals surface area (Å²) < 4.78 is 0. The molecular weight excluding hydrogens is 212 g/mol. The molecule has 1 fully saturated rings. The molecule has 3 rings (SSSR count). The van der Waals surface area contributed by atoms with E-state index in [1.54, 1.807) is 4.90 Å². The van der Waals surface area contributed by atoms with E-state index in [1.165, 1.54) is 0 Å². The predicted molar refractivity (Wildman–Crippen MR) is 68.9 cm³/mol. The van der Waals surface area contributed by atoms with Crippen LogP contribution < -0.4 is 10.6 Å². The molecular formula is C14H14N2O. The highest BCUT2D eigenvalue weighted by molar-refractivity contribution is 6.06. The lowest BCUT2D eigenvalue weighted by atomic mass is 10.1. The molecule has 1 aliphatic rings. The molecule has 1 unspecified atom stereocenters. The largest absolute Gasteiger partial charge is 0.320 e. The molecule has 1 aliphatic heterocycles. The van der Waals surface area contributed by atoms with Gasteiger partial charge in [-0.1, -0.05) is 36.4 Å². The van der Waals surface area contributed by atoms with E-state index in [9.17, 15) is 4.79 Å². The molecule has 3 heteroatoms. The Bertz CT molecular complexity index is 574. The average Bonchev–Trinajstić information content (AvgIpc) is 2.69. The number of fused-ring (bicyclic) bond motifs is 1. The van der Waals surface area contributed by atoms with Crippen molar-refractivity contribution in [2.24, 2.45) is 5.73 Å². The molecule has 2 aromatic rings. The van der Waals surface area contributed by atoms with E-state index < -0.39 is 0 Å². The van der Waals surface area contributed by atoms with Crippen molar-refractivity contribution in [1.82, 2.24) is 0 Å². The molecule has 0 aliphatic carbocycles. The molecule has 1 amide bonds. The van der Waals surface area contributed by atoms with Gasteiger partial charge in [-0.15, -0.1) is 0 Å². The Hall–Kier alpha value is -1.87. The lowest BCUT2D eigenvalue weighted by Gasteiger charge is -2.18. The zero-order valence-corrected chi connectivity index (χ0v) is 9.47. The van der Waals surface area contributed by atoms with Crippen LogP contribution in [-0.2, 0) is 4.79 Å². The van der Waals surface area contributed by atoms with Gasteiger partial charge in [0.1, 0.15) is 0 Å². The molecule has 0 spiro atoms. The van der Waals surface area contributed by atoms with Crippen molar-refractivity contribution in [3.05, 3.63) is 42.5 Å². The lowest BCUT2D eigenvalue weighted by molar-refractivity contribution is -0.118. The predicted octanol–water partition coefficient (Wildman–Crippen LogP) is 1.90. The standard InChI is InChI=1S/C14H14N2O/c15-12-8-9-16(14(12)17)13-7-3-5-10-4-1-2-6-11(10)13/h1-7,12H,8-9,15H2. The first-order valence-electron chi connectivity index (χ1n) is 5.82. The Balaban J connectivity index is 2.15. The van der Waals surface area contributed by atoms with Gasteiger partial charge in [0.15, 0.2) is 0 Å². The Labute approximate surface area is 99.8 Å². The molecule has 17 heavy (non-hydrogen) atoms. The van der Waals surface area contributed by atoms with Crippen LogP contribution in [0.1, 0.15) is 6.42 Å². The molecule has 2 aromatic carbocycles. The number of anilines is 1. The van der Waals surface area contributed by atoms with Crippen LogP contribution in [0.4, 0.5) is 5.69 Å². The third kappa shape index (κ3) is 1.59. The van der Waals surface area contributed by atoms with Gasteiger partial charge in [-0.2, -0.15) is 0 Å². The number of nitrogens with zero attached hydrogens (tertiary/aromatic N) is 1. The van der Waals surface area contributed by atoms with Gasteiger partial charge in [-0.05, 0) is 17.9 Å². The number of hydrogen-bond donors (Lipinski definition) is 1. The number of amides is 1. The molecule has 0 saturated carbocycles. The topological polar surface area (TPSA) is 46.3 Å². The van der Waals surface area contributed by atoms with Crippen LogP contribution in [0.2, 0.25) is 0 Å². The van der Waals surface area contributed by atoms with Crippen molar-refractivity contribution in [3.63, 3.8) is 0 Å². The van der Waals surface area contributed by atoms with Gasteiger partial charge in [0.25, 0.3) is 0 Å². The van der Waals surface area contributed by atoms with Crippen LogP contribution in [0, 0.1) is 0 Å². The van der Waals surface area contributed by atoms with E-state index in [0.29, 0.717) is 6.54 Å². The van der Waals surface area contributed by atoms with E-state index in [2.05, 4.69) is 12.1 Å². The van der Waals surface area contributed by atoms with E-state index in [0.717, 1.165) is 22.9 Å². The highest BCUT2D eigenvalue weighted by Gasteiger charge is 2.30. The van der Waals surface area contributed by atoms with Crippen LogP contribution in [0.3, 0.4) is 0 Å². The molecule has 0 radical (unpaired) electrons. The smallest absolute Gasteiger partial charge is 0.243 e. The molecule has 0 aromatic heterocycles. The van der Waals surface area contributed by atoms with Crippen molar-refractivity contribution < 1.29 is 4.79 Å². The summed E-state index contributed by atoms with van der Waals surface area (Å²) in [4.78, 5) is 13.7. The third-order valence-electron chi connectivity index (χ3n) is 3.30. The number of carbonyl (C=O) groups is 1. The maximum atomic E-state index is 12.0. The van der Waals surface area contributed by atoms with Crippen molar-refractivity contribution in [2.75, 3.05) is 11.4 Å². The minimum absolute atomic E-state index is 0.0290. The monoisotopic (exact) mass is 226 g/mol. The average molecular weight is 226 g/mol. The number of rotatable bonds is 1. The van der Waals surface area contributed by atoms with Gasteiger partial charge in [0.2, 0.25) is 5.91 Å². The summed E-state index contributed by atoms with van der Waals surface area (Å²) in [5.74, 6) is 0.0290. The fraction of sp³-hybridized carbons (Fsp3) is 0.214. The van der Waals surface area contributed by atoms with E-state index in [-0.39, 0.29) is 11.9 Å². The highest BCUT2D eigenvalue weighted by atomic mass is 16.2. The zero-order valence-electron chi connectivity index (χ0n) is 9.47. The third-order valence-corrected chi connectivity index (χ3v) is 3.30. The van der Waals surface area contributed by atoms with Crippen LogP contribution in [-0.4, -0.2) is 18.5 Å². The van der Waals surface area contributed by atoms with Gasteiger partial charge >= 0.3 is 0 Å². The Morgan fingerprint density at radius 3 is 2.65 bits per heavy atom. The molecule has 1 heterocycles. The molecule has 86 valence electrons. The van der Waals surface area contributed by atoms with Crippen molar-refractivity contribution in [1.29, 1.82) is 0 Å². The summed E-state index contributed by atoms with van der Waals surface area (Å²) >= 11 is 0. The van der Waals surface area contributed by atoms with Crippen LogP contribution in [0.5, 0.6) is 0 Å². The molecule has 1 atom stereocenters. The van der Waals surface area contributed by atoms with Gasteiger partial charge in [0.05, 0.1) is 11.7 Å². The molecule has 3 nitrogen and oxygen atoms in total. The Kier molecular flexibility index (Phi) is 2.34. The number of nitrogens with two attached hydrogens (primary N) is 1. The van der Waals surface area contributed by atoms with Gasteiger partial charge in [0, 0.05) is 11.9 Å². The van der Waals surface area contributed by atoms with Gasteiger partial charge in [-0.3, -0.25) is 4.79 Å². The van der Waals surface area contributed by atoms with Gasteiger partial charge in [-0.25, -0.2) is 0 Å². The summed E-state index contributed by atoms with van der Waals surface area (Å²) in [6.45, 7) is 0.716. The van der Waals surface area contributed by atoms with Crippen LogP contribution >= 0.6 is 0 Å². The first-order chi connectivity index (χ1) is 8.27. The second-order valence-corrected chi connectivity index (χ2v) is 4.38. The first kappa shape index (κ1) is 10.3. The molecule has 0 bridgehead atoms. The maximum absolute atomic E-state index is 12.0. The number of benzene rings is 2. The normalized spacial score (nSPS) is 20.2. The van der Waals surface area contributed by atoms with Crippen molar-refractivity contribution in [3.8, 4) is 0 Å². The summed E-state index contributed by atoms with van der Waals surface area (Å²) in [6, 6.07) is 13.8. The summed E-state index contributed by atoms with van der Waals surface area (Å²) in [5, 5.41) is 2.26. The summed E-state index contributed by atoms with van der Waals surface area (Å²) in [5.41, 5.74) is 6.73. The Morgan fingerprint density at radius 2 is 1.88 bits per heavy atom. The second-order valence-electron chi connectivity index (χ2n) is 4.38. The summed E-state index contributed by atoms with van der Waals surface area (Å²) in [6.07, 6.45) is 0.738. The first-order valence-corrected chi connectivity index (χ1v) is 5.82. The maximum Gasteiger partial charge on any atom is 0.243 e. The number of carbonyl (C=O) groups excluding carboxylic acids is 1.